The predicted octanol–water partition coefficient (Wildman–Crippen LogP) is 2.93. The second-order valence-corrected chi connectivity index (χ2v) is 4.95. The number of carbonyl (C=O) groups excluding carboxylic acids is 2. The van der Waals surface area contributed by atoms with Gasteiger partial charge >= 0.3 is 11.9 Å². The summed E-state index contributed by atoms with van der Waals surface area (Å²) in [5.41, 5.74) is -0.0451. The zero-order valence-corrected chi connectivity index (χ0v) is 13.8. The van der Waals surface area contributed by atoms with Crippen molar-refractivity contribution in [1.82, 2.24) is 0 Å². The summed E-state index contributed by atoms with van der Waals surface area (Å²) < 4.78 is 15.3. The molecule has 0 aliphatic rings. The minimum atomic E-state index is -0.692. The third kappa shape index (κ3) is 5.90. The zero-order chi connectivity index (χ0) is 17.2. The van der Waals surface area contributed by atoms with Crippen LogP contribution in [0.1, 0.15) is 44.0 Å². The molecule has 0 radical (unpaired) electrons. The summed E-state index contributed by atoms with van der Waals surface area (Å²) in [6, 6.07) is 4.04. The van der Waals surface area contributed by atoms with Crippen molar-refractivity contribution >= 4 is 11.9 Å². The number of ether oxygens (including phenoxy) is 3. The molecular weight excluding hydrogens is 300 g/mol. The quantitative estimate of drug-likeness (QED) is 0.427. The standard InChI is InChI=1S/C17H24O6/c1-4-12(5-2)16(19)23-13-7-8-15(18)14(11-13)17(20)22-10-9-21-6-3/h7-8,11-12,18H,4-6,9-10H2,1-3H3. The van der Waals surface area contributed by atoms with E-state index in [1.807, 2.05) is 20.8 Å². The summed E-state index contributed by atoms with van der Waals surface area (Å²) in [5, 5.41) is 9.77. The van der Waals surface area contributed by atoms with Gasteiger partial charge in [-0.25, -0.2) is 4.79 Å². The first-order valence-corrected chi connectivity index (χ1v) is 7.82. The Kier molecular flexibility index (Phi) is 8.11. The number of hydrogen-bond acceptors (Lipinski definition) is 6. The van der Waals surface area contributed by atoms with E-state index >= 15 is 0 Å². The van der Waals surface area contributed by atoms with E-state index in [-0.39, 0.29) is 42.2 Å². The molecule has 0 saturated heterocycles. The molecule has 0 spiro atoms. The molecule has 0 aromatic heterocycles. The Morgan fingerprint density at radius 2 is 1.83 bits per heavy atom. The van der Waals surface area contributed by atoms with Crippen LogP contribution in [0.15, 0.2) is 18.2 Å². The number of phenolic OH excluding ortho intramolecular Hbond substituents is 1. The second kappa shape index (κ2) is 9.84. The minimum Gasteiger partial charge on any atom is -0.507 e. The van der Waals surface area contributed by atoms with Crippen LogP contribution in [0.4, 0.5) is 0 Å². The van der Waals surface area contributed by atoms with E-state index in [0.717, 1.165) is 0 Å². The van der Waals surface area contributed by atoms with Crippen molar-refractivity contribution in [3.8, 4) is 11.5 Å². The van der Waals surface area contributed by atoms with Gasteiger partial charge in [-0.05, 0) is 38.0 Å². The highest BCUT2D eigenvalue weighted by Crippen LogP contribution is 2.25. The normalized spacial score (nSPS) is 10.6. The average Bonchev–Trinajstić information content (AvgIpc) is 2.54. The summed E-state index contributed by atoms with van der Waals surface area (Å²) in [6.07, 6.45) is 1.36. The number of phenols is 1. The molecule has 0 aliphatic heterocycles. The van der Waals surface area contributed by atoms with Gasteiger partial charge in [0.15, 0.2) is 0 Å². The molecule has 0 unspecified atom stereocenters. The first kappa shape index (κ1) is 19.0. The molecule has 0 aliphatic carbocycles. The van der Waals surface area contributed by atoms with Gasteiger partial charge in [0, 0.05) is 6.61 Å². The van der Waals surface area contributed by atoms with Crippen LogP contribution in [0.25, 0.3) is 0 Å². The van der Waals surface area contributed by atoms with Gasteiger partial charge in [-0.3, -0.25) is 4.79 Å². The number of hydrogen-bond donors (Lipinski definition) is 1. The van der Waals surface area contributed by atoms with Gasteiger partial charge in [0.2, 0.25) is 0 Å². The molecule has 6 heteroatoms. The Balaban J connectivity index is 2.74. The van der Waals surface area contributed by atoms with E-state index in [2.05, 4.69) is 0 Å². The first-order chi connectivity index (χ1) is 11.0. The molecule has 0 atom stereocenters. The van der Waals surface area contributed by atoms with Crippen LogP contribution in [0, 0.1) is 5.92 Å². The van der Waals surface area contributed by atoms with Crippen molar-refractivity contribution in [1.29, 1.82) is 0 Å². The van der Waals surface area contributed by atoms with Crippen LogP contribution in [0.2, 0.25) is 0 Å². The van der Waals surface area contributed by atoms with Crippen molar-refractivity contribution in [2.45, 2.75) is 33.6 Å². The molecule has 128 valence electrons. The SMILES string of the molecule is CCOCCOC(=O)c1cc(OC(=O)C(CC)CC)ccc1O. The number of aromatic hydroxyl groups is 1. The number of benzene rings is 1. The lowest BCUT2D eigenvalue weighted by Gasteiger charge is -2.13. The van der Waals surface area contributed by atoms with Crippen molar-refractivity contribution < 1.29 is 28.9 Å². The lowest BCUT2D eigenvalue weighted by atomic mass is 10.0. The second-order valence-electron chi connectivity index (χ2n) is 4.95. The summed E-state index contributed by atoms with van der Waals surface area (Å²) >= 11 is 0. The molecule has 23 heavy (non-hydrogen) atoms. The summed E-state index contributed by atoms with van der Waals surface area (Å²) in [7, 11) is 0. The molecule has 1 N–H and O–H groups in total. The van der Waals surface area contributed by atoms with Crippen LogP contribution in [0.3, 0.4) is 0 Å². The van der Waals surface area contributed by atoms with Crippen LogP contribution < -0.4 is 4.74 Å². The Hall–Kier alpha value is -2.08. The van der Waals surface area contributed by atoms with Crippen LogP contribution in [-0.2, 0) is 14.3 Å². The molecule has 0 fully saturated rings. The first-order valence-electron chi connectivity index (χ1n) is 7.82. The molecule has 0 heterocycles. The molecule has 1 rings (SSSR count). The van der Waals surface area contributed by atoms with Gasteiger partial charge in [-0.1, -0.05) is 13.8 Å². The lowest BCUT2D eigenvalue weighted by molar-refractivity contribution is -0.139. The predicted molar refractivity (Wildman–Crippen MR) is 84.6 cm³/mol. The molecular formula is C17H24O6. The zero-order valence-electron chi connectivity index (χ0n) is 13.8. The van der Waals surface area contributed by atoms with Crippen molar-refractivity contribution in [3.63, 3.8) is 0 Å². The van der Waals surface area contributed by atoms with Gasteiger partial charge in [-0.2, -0.15) is 0 Å². The Morgan fingerprint density at radius 1 is 1.13 bits per heavy atom. The molecule has 0 saturated carbocycles. The van der Waals surface area contributed by atoms with Crippen molar-refractivity contribution in [2.75, 3.05) is 19.8 Å². The fraction of sp³-hybridized carbons (Fsp3) is 0.529. The van der Waals surface area contributed by atoms with E-state index in [4.69, 9.17) is 14.2 Å². The van der Waals surface area contributed by atoms with Crippen LogP contribution in [-0.4, -0.2) is 36.9 Å². The molecule has 0 bridgehead atoms. The Morgan fingerprint density at radius 3 is 2.43 bits per heavy atom. The highest BCUT2D eigenvalue weighted by molar-refractivity contribution is 5.93. The van der Waals surface area contributed by atoms with Gasteiger partial charge in [-0.15, -0.1) is 0 Å². The van der Waals surface area contributed by atoms with E-state index in [0.29, 0.717) is 19.4 Å². The van der Waals surface area contributed by atoms with Gasteiger partial charge in [0.1, 0.15) is 23.7 Å². The van der Waals surface area contributed by atoms with E-state index < -0.39 is 5.97 Å². The summed E-state index contributed by atoms with van der Waals surface area (Å²) in [5.74, 6) is -1.26. The average molecular weight is 324 g/mol. The Bertz CT molecular complexity index is 522. The maximum Gasteiger partial charge on any atom is 0.342 e. The van der Waals surface area contributed by atoms with Crippen LogP contribution in [0.5, 0.6) is 11.5 Å². The number of rotatable bonds is 9. The molecule has 1 aromatic rings. The summed E-state index contributed by atoms with van der Waals surface area (Å²) in [6.45, 7) is 6.56. The largest absolute Gasteiger partial charge is 0.507 e. The van der Waals surface area contributed by atoms with Gasteiger partial charge in [0.05, 0.1) is 12.5 Å². The maximum atomic E-state index is 12.0. The number of carbonyl (C=O) groups is 2. The van der Waals surface area contributed by atoms with Crippen LogP contribution >= 0.6 is 0 Å². The van der Waals surface area contributed by atoms with E-state index in [1.165, 1.54) is 18.2 Å². The van der Waals surface area contributed by atoms with E-state index in [1.54, 1.807) is 0 Å². The summed E-state index contributed by atoms with van der Waals surface area (Å²) in [4.78, 5) is 23.9. The number of esters is 2. The maximum absolute atomic E-state index is 12.0. The van der Waals surface area contributed by atoms with Gasteiger partial charge in [0.25, 0.3) is 0 Å². The minimum absolute atomic E-state index is 0.0451. The fourth-order valence-corrected chi connectivity index (χ4v) is 1.98. The lowest BCUT2D eigenvalue weighted by Crippen LogP contribution is -2.19. The van der Waals surface area contributed by atoms with Crippen molar-refractivity contribution in [3.05, 3.63) is 23.8 Å². The highest BCUT2D eigenvalue weighted by Gasteiger charge is 2.19. The molecule has 0 amide bonds. The fourth-order valence-electron chi connectivity index (χ4n) is 1.98. The van der Waals surface area contributed by atoms with Gasteiger partial charge < -0.3 is 19.3 Å². The molecule has 6 nitrogen and oxygen atoms in total. The molecule has 1 aromatic carbocycles. The highest BCUT2D eigenvalue weighted by atomic mass is 16.6. The third-order valence-corrected chi connectivity index (χ3v) is 3.39. The smallest absolute Gasteiger partial charge is 0.342 e. The third-order valence-electron chi connectivity index (χ3n) is 3.39. The van der Waals surface area contributed by atoms with E-state index in [9.17, 15) is 14.7 Å². The van der Waals surface area contributed by atoms with Crippen molar-refractivity contribution in [2.24, 2.45) is 5.92 Å². The monoisotopic (exact) mass is 324 g/mol. The Labute approximate surface area is 136 Å². The topological polar surface area (TPSA) is 82.1 Å².